The number of hydrogen-bond donors (Lipinski definition) is 2. The van der Waals surface area contributed by atoms with E-state index in [2.05, 4.69) is 36.7 Å². The lowest BCUT2D eigenvalue weighted by Gasteiger charge is -2.01. The topological polar surface area (TPSA) is 57.0 Å². The van der Waals surface area contributed by atoms with Gasteiger partial charge in [0.25, 0.3) is 0 Å². The third-order valence-corrected chi connectivity index (χ3v) is 3.51. The Hall–Kier alpha value is -1.32. The van der Waals surface area contributed by atoms with Crippen LogP contribution in [0, 0.1) is 6.92 Å². The molecule has 0 fully saturated rings. The quantitative estimate of drug-likeness (QED) is 0.837. The molecule has 0 aliphatic rings. The summed E-state index contributed by atoms with van der Waals surface area (Å²) < 4.78 is 2.24. The van der Waals surface area contributed by atoms with Gasteiger partial charge < -0.3 is 16.0 Å². The molecule has 1 aromatic heterocycles. The highest BCUT2D eigenvalue weighted by Gasteiger charge is 2.11. The monoisotopic (exact) mass is 231 g/mol. The van der Waals surface area contributed by atoms with Gasteiger partial charge in [0.1, 0.15) is 0 Å². The van der Waals surface area contributed by atoms with Crippen LogP contribution in [0.2, 0.25) is 0 Å². The Labute approximate surface area is 102 Å². The molecule has 0 bridgehead atoms. The number of benzene rings is 1. The van der Waals surface area contributed by atoms with E-state index in [1.807, 2.05) is 0 Å². The molecular formula is C14H21N3. The van der Waals surface area contributed by atoms with Crippen LogP contribution in [0.15, 0.2) is 18.2 Å². The largest absolute Gasteiger partial charge is 0.348 e. The Bertz CT molecular complexity index is 526. The van der Waals surface area contributed by atoms with Gasteiger partial charge in [-0.15, -0.1) is 0 Å². The maximum atomic E-state index is 5.70. The van der Waals surface area contributed by atoms with Crippen LogP contribution in [0.3, 0.4) is 0 Å². The van der Waals surface area contributed by atoms with Crippen molar-refractivity contribution in [1.29, 1.82) is 0 Å². The second-order valence-electron chi connectivity index (χ2n) is 4.55. The number of rotatable bonds is 4. The average Bonchev–Trinajstić information content (AvgIpc) is 2.55. The molecule has 0 aliphatic heterocycles. The highest BCUT2D eigenvalue weighted by molar-refractivity contribution is 5.86. The van der Waals surface area contributed by atoms with Gasteiger partial charge in [0.05, 0.1) is 0 Å². The summed E-state index contributed by atoms with van der Waals surface area (Å²) >= 11 is 0. The number of nitrogens with zero attached hydrogens (tertiary/aromatic N) is 1. The number of fused-ring (bicyclic) bond motifs is 1. The minimum atomic E-state index is 0.696. The molecule has 0 saturated carbocycles. The Morgan fingerprint density at radius 1 is 1.12 bits per heavy atom. The summed E-state index contributed by atoms with van der Waals surface area (Å²) in [5.41, 5.74) is 16.6. The van der Waals surface area contributed by atoms with Gasteiger partial charge in [-0.05, 0) is 56.1 Å². The fraction of sp³-hybridized carbons (Fsp3) is 0.429. The lowest BCUT2D eigenvalue weighted by atomic mass is 10.0. The molecular weight excluding hydrogens is 210 g/mol. The number of nitrogens with two attached hydrogens (primary N) is 2. The van der Waals surface area contributed by atoms with E-state index in [0.29, 0.717) is 13.1 Å². The second-order valence-corrected chi connectivity index (χ2v) is 4.55. The zero-order chi connectivity index (χ0) is 12.4. The fourth-order valence-electron chi connectivity index (χ4n) is 2.48. The minimum Gasteiger partial charge on any atom is -0.348 e. The van der Waals surface area contributed by atoms with E-state index in [-0.39, 0.29) is 0 Å². The Balaban J connectivity index is 2.61. The van der Waals surface area contributed by atoms with Crippen LogP contribution >= 0.6 is 0 Å². The van der Waals surface area contributed by atoms with E-state index in [1.54, 1.807) is 0 Å². The van der Waals surface area contributed by atoms with Crippen molar-refractivity contribution in [1.82, 2.24) is 4.57 Å². The first-order valence-electron chi connectivity index (χ1n) is 6.16. The average molecular weight is 231 g/mol. The molecule has 1 aromatic carbocycles. The molecule has 2 aromatic rings. The zero-order valence-corrected chi connectivity index (χ0v) is 10.7. The van der Waals surface area contributed by atoms with Gasteiger partial charge in [0.15, 0.2) is 0 Å². The molecule has 92 valence electrons. The molecule has 0 atom stereocenters. The summed E-state index contributed by atoms with van der Waals surface area (Å²) in [4.78, 5) is 0. The van der Waals surface area contributed by atoms with E-state index < -0.39 is 0 Å². The second kappa shape index (κ2) is 4.90. The maximum absolute atomic E-state index is 5.70. The third-order valence-electron chi connectivity index (χ3n) is 3.51. The van der Waals surface area contributed by atoms with Crippen LogP contribution in [-0.2, 0) is 19.9 Å². The highest BCUT2D eigenvalue weighted by Crippen LogP contribution is 2.26. The van der Waals surface area contributed by atoms with E-state index >= 15 is 0 Å². The SMILES string of the molecule is Cc1c(CCN)c2cc(CCN)ccc2n1C. The van der Waals surface area contributed by atoms with Gasteiger partial charge in [-0.3, -0.25) is 0 Å². The van der Waals surface area contributed by atoms with Crippen LogP contribution < -0.4 is 11.5 Å². The number of aryl methyl sites for hydroxylation is 1. The van der Waals surface area contributed by atoms with E-state index in [4.69, 9.17) is 11.5 Å². The van der Waals surface area contributed by atoms with Crippen molar-refractivity contribution in [3.05, 3.63) is 35.0 Å². The molecule has 2 rings (SSSR count). The standard InChI is InChI=1S/C14H21N3/c1-10-12(6-8-16)13-9-11(5-7-15)3-4-14(13)17(10)2/h3-4,9H,5-8,15-16H2,1-2H3. The Morgan fingerprint density at radius 3 is 2.47 bits per heavy atom. The van der Waals surface area contributed by atoms with Crippen LogP contribution in [0.25, 0.3) is 10.9 Å². The molecule has 0 saturated heterocycles. The van der Waals surface area contributed by atoms with Gasteiger partial charge >= 0.3 is 0 Å². The molecule has 0 aliphatic carbocycles. The van der Waals surface area contributed by atoms with Gasteiger partial charge in [-0.25, -0.2) is 0 Å². The van der Waals surface area contributed by atoms with Crippen molar-refractivity contribution < 1.29 is 0 Å². The number of hydrogen-bond acceptors (Lipinski definition) is 2. The zero-order valence-electron chi connectivity index (χ0n) is 10.7. The van der Waals surface area contributed by atoms with Gasteiger partial charge in [0.2, 0.25) is 0 Å². The molecule has 4 N–H and O–H groups in total. The normalized spacial score (nSPS) is 11.3. The lowest BCUT2D eigenvalue weighted by molar-refractivity contribution is 0.882. The first-order chi connectivity index (χ1) is 8.19. The maximum Gasteiger partial charge on any atom is 0.0482 e. The minimum absolute atomic E-state index is 0.696. The third kappa shape index (κ3) is 2.08. The highest BCUT2D eigenvalue weighted by atomic mass is 14.9. The summed E-state index contributed by atoms with van der Waals surface area (Å²) in [6.45, 7) is 3.55. The van der Waals surface area contributed by atoms with Crippen LogP contribution in [0.1, 0.15) is 16.8 Å². The van der Waals surface area contributed by atoms with Crippen molar-refractivity contribution in [2.75, 3.05) is 13.1 Å². The van der Waals surface area contributed by atoms with Crippen molar-refractivity contribution in [2.45, 2.75) is 19.8 Å². The summed E-state index contributed by atoms with van der Waals surface area (Å²) in [6, 6.07) is 6.62. The summed E-state index contributed by atoms with van der Waals surface area (Å²) in [7, 11) is 2.11. The van der Waals surface area contributed by atoms with Crippen molar-refractivity contribution >= 4 is 10.9 Å². The summed E-state index contributed by atoms with van der Waals surface area (Å²) in [6.07, 6.45) is 1.88. The predicted octanol–water partition coefficient (Wildman–Crippen LogP) is 1.49. The summed E-state index contributed by atoms with van der Waals surface area (Å²) in [5, 5.41) is 1.33. The molecule has 3 nitrogen and oxygen atoms in total. The molecule has 17 heavy (non-hydrogen) atoms. The van der Waals surface area contributed by atoms with Gasteiger partial charge in [-0.2, -0.15) is 0 Å². The predicted molar refractivity (Wildman–Crippen MR) is 73.2 cm³/mol. The Kier molecular flexibility index (Phi) is 3.50. The van der Waals surface area contributed by atoms with Crippen LogP contribution in [0.4, 0.5) is 0 Å². The van der Waals surface area contributed by atoms with Crippen LogP contribution in [0.5, 0.6) is 0 Å². The first-order valence-corrected chi connectivity index (χ1v) is 6.16. The molecule has 0 amide bonds. The lowest BCUT2D eigenvalue weighted by Crippen LogP contribution is -2.04. The van der Waals surface area contributed by atoms with Crippen LogP contribution in [-0.4, -0.2) is 17.7 Å². The first kappa shape index (κ1) is 12.1. The molecule has 0 radical (unpaired) electrons. The van der Waals surface area contributed by atoms with E-state index in [9.17, 15) is 0 Å². The van der Waals surface area contributed by atoms with E-state index in [0.717, 1.165) is 12.8 Å². The molecule has 1 heterocycles. The summed E-state index contributed by atoms with van der Waals surface area (Å²) in [5.74, 6) is 0. The fourth-order valence-corrected chi connectivity index (χ4v) is 2.48. The molecule has 0 spiro atoms. The van der Waals surface area contributed by atoms with Crippen molar-refractivity contribution in [3.63, 3.8) is 0 Å². The van der Waals surface area contributed by atoms with Gasteiger partial charge in [-0.1, -0.05) is 6.07 Å². The number of aromatic nitrogens is 1. The van der Waals surface area contributed by atoms with Gasteiger partial charge in [0, 0.05) is 23.6 Å². The Morgan fingerprint density at radius 2 is 1.82 bits per heavy atom. The molecule has 3 heteroatoms. The van der Waals surface area contributed by atoms with Crippen molar-refractivity contribution in [3.8, 4) is 0 Å². The van der Waals surface area contributed by atoms with Crippen molar-refractivity contribution in [2.24, 2.45) is 18.5 Å². The smallest absolute Gasteiger partial charge is 0.0482 e. The molecule has 0 unspecified atom stereocenters. The van der Waals surface area contributed by atoms with E-state index in [1.165, 1.54) is 27.7 Å².